The summed E-state index contributed by atoms with van der Waals surface area (Å²) in [6.45, 7) is 6.61. The Bertz CT molecular complexity index is 967. The van der Waals surface area contributed by atoms with Crippen molar-refractivity contribution in [2.45, 2.75) is 25.9 Å². The van der Waals surface area contributed by atoms with Crippen LogP contribution in [0.15, 0.2) is 47.6 Å². The van der Waals surface area contributed by atoms with Gasteiger partial charge in [-0.25, -0.2) is 0 Å². The molecule has 0 fully saturated rings. The van der Waals surface area contributed by atoms with Crippen LogP contribution in [0, 0.1) is 13.8 Å². The highest BCUT2D eigenvalue weighted by Gasteiger charge is 2.13. The molecule has 0 unspecified atom stereocenters. The van der Waals surface area contributed by atoms with Gasteiger partial charge in [0.05, 0.1) is 12.4 Å². The molecule has 7 heteroatoms. The van der Waals surface area contributed by atoms with Crippen LogP contribution in [0.4, 0.5) is 5.69 Å². The molecule has 0 spiro atoms. The second kappa shape index (κ2) is 8.93. The van der Waals surface area contributed by atoms with Gasteiger partial charge in [-0.1, -0.05) is 29.5 Å². The van der Waals surface area contributed by atoms with Gasteiger partial charge >= 0.3 is 0 Å². The molecule has 2 aromatic carbocycles. The van der Waals surface area contributed by atoms with Crippen LogP contribution in [0.5, 0.6) is 5.75 Å². The molecule has 0 aliphatic rings. The first kappa shape index (κ1) is 19.9. The van der Waals surface area contributed by atoms with Gasteiger partial charge < -0.3 is 14.6 Å². The zero-order chi connectivity index (χ0) is 20.1. The molecule has 6 nitrogen and oxygen atoms in total. The fourth-order valence-corrected chi connectivity index (χ4v) is 3.54. The highest BCUT2D eigenvalue weighted by atomic mass is 32.2. The maximum Gasteiger partial charge on any atom is 0.234 e. The number of hydrogen-bond donors (Lipinski definition) is 1. The van der Waals surface area contributed by atoms with Gasteiger partial charge in [0.2, 0.25) is 5.91 Å². The van der Waals surface area contributed by atoms with Crippen LogP contribution in [0.25, 0.3) is 11.4 Å². The van der Waals surface area contributed by atoms with Crippen molar-refractivity contribution in [3.8, 4) is 17.1 Å². The van der Waals surface area contributed by atoms with E-state index >= 15 is 0 Å². The summed E-state index contributed by atoms with van der Waals surface area (Å²) in [7, 11) is 1.90. The Kier molecular flexibility index (Phi) is 6.36. The van der Waals surface area contributed by atoms with Crippen molar-refractivity contribution >= 4 is 23.4 Å². The number of rotatable bonds is 7. The summed E-state index contributed by atoms with van der Waals surface area (Å²) in [5.74, 6) is 1.77. The number of aromatic nitrogens is 3. The third-order valence-electron chi connectivity index (χ3n) is 4.25. The van der Waals surface area contributed by atoms with Crippen molar-refractivity contribution < 1.29 is 9.53 Å². The third kappa shape index (κ3) is 4.72. The van der Waals surface area contributed by atoms with Crippen LogP contribution in [0.3, 0.4) is 0 Å². The summed E-state index contributed by atoms with van der Waals surface area (Å²) in [6.07, 6.45) is 0. The average Bonchev–Trinajstić information content (AvgIpc) is 3.04. The van der Waals surface area contributed by atoms with Crippen molar-refractivity contribution in [2.24, 2.45) is 7.05 Å². The van der Waals surface area contributed by atoms with E-state index in [1.165, 1.54) is 17.3 Å². The Hall–Kier alpha value is -2.80. The van der Waals surface area contributed by atoms with E-state index in [1.807, 2.05) is 68.8 Å². The molecule has 0 saturated carbocycles. The molecule has 3 aromatic rings. The molecule has 0 radical (unpaired) electrons. The monoisotopic (exact) mass is 396 g/mol. The number of hydrogen-bond acceptors (Lipinski definition) is 5. The van der Waals surface area contributed by atoms with Gasteiger partial charge in [0, 0.05) is 18.3 Å². The van der Waals surface area contributed by atoms with Gasteiger partial charge in [-0.2, -0.15) is 0 Å². The molecule has 0 atom stereocenters. The lowest BCUT2D eigenvalue weighted by molar-refractivity contribution is -0.113. The summed E-state index contributed by atoms with van der Waals surface area (Å²) in [5.41, 5.74) is 4.01. The van der Waals surface area contributed by atoms with Crippen LogP contribution < -0.4 is 10.1 Å². The minimum Gasteiger partial charge on any atom is -0.494 e. The Balaban J connectivity index is 1.63. The van der Waals surface area contributed by atoms with Gasteiger partial charge in [-0.15, -0.1) is 10.2 Å². The summed E-state index contributed by atoms with van der Waals surface area (Å²) in [6, 6.07) is 13.7. The Morgan fingerprint density at radius 2 is 1.89 bits per heavy atom. The molecule has 1 N–H and O–H groups in total. The van der Waals surface area contributed by atoms with E-state index in [1.54, 1.807) is 0 Å². The number of amides is 1. The van der Waals surface area contributed by atoms with Crippen LogP contribution in [0.2, 0.25) is 0 Å². The largest absolute Gasteiger partial charge is 0.494 e. The summed E-state index contributed by atoms with van der Waals surface area (Å²) >= 11 is 1.36. The number of carbonyl (C=O) groups excluding carboxylic acids is 1. The predicted octanol–water partition coefficient (Wildman–Crippen LogP) is 4.23. The lowest BCUT2D eigenvalue weighted by Gasteiger charge is -2.09. The molecule has 1 amide bonds. The topological polar surface area (TPSA) is 69.0 Å². The molecule has 28 heavy (non-hydrogen) atoms. The van der Waals surface area contributed by atoms with E-state index in [9.17, 15) is 4.79 Å². The molecule has 0 aliphatic carbocycles. The Morgan fingerprint density at radius 1 is 1.14 bits per heavy atom. The zero-order valence-corrected chi connectivity index (χ0v) is 17.3. The molecule has 1 aromatic heterocycles. The number of thioether (sulfide) groups is 1. The van der Waals surface area contributed by atoms with Gasteiger partial charge in [0.15, 0.2) is 11.0 Å². The summed E-state index contributed by atoms with van der Waals surface area (Å²) in [4.78, 5) is 12.3. The predicted molar refractivity (Wildman–Crippen MR) is 113 cm³/mol. The minimum absolute atomic E-state index is 0.0671. The van der Waals surface area contributed by atoms with Crippen LogP contribution in [-0.4, -0.2) is 33.0 Å². The van der Waals surface area contributed by atoms with Gasteiger partial charge in [-0.3, -0.25) is 4.79 Å². The van der Waals surface area contributed by atoms with Gasteiger partial charge in [0.1, 0.15) is 5.75 Å². The molecule has 1 heterocycles. The zero-order valence-electron chi connectivity index (χ0n) is 16.5. The number of aryl methyl sites for hydroxylation is 2. The smallest absolute Gasteiger partial charge is 0.234 e. The van der Waals surface area contributed by atoms with Crippen molar-refractivity contribution in [3.05, 3.63) is 53.6 Å². The standard InChI is InChI=1S/C21H24N4O2S/c1-5-27-17-9-7-16(8-10-17)20-23-24-21(25(20)4)28-13-19(26)22-18-11-6-14(2)12-15(18)3/h6-12H,5,13H2,1-4H3,(H,22,26). The van der Waals surface area contributed by atoms with E-state index in [-0.39, 0.29) is 11.7 Å². The number of carbonyl (C=O) groups is 1. The number of ether oxygens (including phenoxy) is 1. The second-order valence-corrected chi connectivity index (χ2v) is 7.42. The Labute approximate surface area is 169 Å². The maximum absolute atomic E-state index is 12.3. The first-order valence-electron chi connectivity index (χ1n) is 9.10. The van der Waals surface area contributed by atoms with Crippen molar-refractivity contribution in [1.29, 1.82) is 0 Å². The third-order valence-corrected chi connectivity index (χ3v) is 5.27. The van der Waals surface area contributed by atoms with Crippen LogP contribution in [-0.2, 0) is 11.8 Å². The van der Waals surface area contributed by atoms with E-state index in [0.717, 1.165) is 28.4 Å². The highest BCUT2D eigenvalue weighted by molar-refractivity contribution is 7.99. The first-order chi connectivity index (χ1) is 13.5. The van der Waals surface area contributed by atoms with Gasteiger partial charge in [0.25, 0.3) is 0 Å². The molecular weight excluding hydrogens is 372 g/mol. The van der Waals surface area contributed by atoms with E-state index in [4.69, 9.17) is 4.74 Å². The molecular formula is C21H24N4O2S. The van der Waals surface area contributed by atoms with Crippen molar-refractivity contribution in [1.82, 2.24) is 14.8 Å². The maximum atomic E-state index is 12.3. The van der Waals surface area contributed by atoms with Crippen LogP contribution >= 0.6 is 11.8 Å². The number of anilines is 1. The highest BCUT2D eigenvalue weighted by Crippen LogP contribution is 2.25. The summed E-state index contributed by atoms with van der Waals surface area (Å²) < 4.78 is 7.36. The van der Waals surface area contributed by atoms with E-state index < -0.39 is 0 Å². The average molecular weight is 397 g/mol. The van der Waals surface area contributed by atoms with E-state index in [0.29, 0.717) is 11.8 Å². The lowest BCUT2D eigenvalue weighted by atomic mass is 10.1. The number of benzene rings is 2. The first-order valence-corrected chi connectivity index (χ1v) is 10.1. The lowest BCUT2D eigenvalue weighted by Crippen LogP contribution is -2.15. The molecule has 0 aliphatic heterocycles. The van der Waals surface area contributed by atoms with Gasteiger partial charge in [-0.05, 0) is 56.7 Å². The second-order valence-electron chi connectivity index (χ2n) is 6.48. The number of nitrogens with zero attached hydrogens (tertiary/aromatic N) is 3. The Morgan fingerprint density at radius 3 is 2.57 bits per heavy atom. The molecule has 0 bridgehead atoms. The van der Waals surface area contributed by atoms with Crippen molar-refractivity contribution in [2.75, 3.05) is 17.7 Å². The SMILES string of the molecule is CCOc1ccc(-c2nnc(SCC(=O)Nc3ccc(C)cc3C)n2C)cc1. The van der Waals surface area contributed by atoms with E-state index in [2.05, 4.69) is 21.6 Å². The number of nitrogens with one attached hydrogen (secondary N) is 1. The van der Waals surface area contributed by atoms with Crippen molar-refractivity contribution in [3.63, 3.8) is 0 Å². The fourth-order valence-electron chi connectivity index (χ4n) is 2.83. The normalized spacial score (nSPS) is 10.7. The fraction of sp³-hybridized carbons (Fsp3) is 0.286. The molecule has 3 rings (SSSR count). The summed E-state index contributed by atoms with van der Waals surface area (Å²) in [5, 5.41) is 12.1. The quantitative estimate of drug-likeness (QED) is 0.605. The minimum atomic E-state index is -0.0671. The molecule has 146 valence electrons. The molecule has 0 saturated heterocycles. The van der Waals surface area contributed by atoms with Crippen LogP contribution in [0.1, 0.15) is 18.1 Å².